The van der Waals surface area contributed by atoms with E-state index in [9.17, 15) is 8.42 Å². The van der Waals surface area contributed by atoms with Crippen LogP contribution in [0.4, 0.5) is 0 Å². The van der Waals surface area contributed by atoms with E-state index < -0.39 is 10.0 Å². The smallest absolute Gasteiger partial charge is 0.240 e. The standard InChI is InChI=1S/C14H21NO3S/c1-4-6-10-18-14-8-7-13(11-12(14)3)19(16,17)15-9-5-2/h5,7-8,11,15H,2,4,6,9-10H2,1,3H3. The molecule has 0 aliphatic heterocycles. The predicted molar refractivity (Wildman–Crippen MR) is 77.0 cm³/mol. The van der Waals surface area contributed by atoms with Crippen molar-refractivity contribution in [3.8, 4) is 5.75 Å². The van der Waals surface area contributed by atoms with Crippen molar-refractivity contribution >= 4 is 10.0 Å². The van der Waals surface area contributed by atoms with Crippen molar-refractivity contribution in [2.45, 2.75) is 31.6 Å². The Morgan fingerprint density at radius 2 is 2.16 bits per heavy atom. The van der Waals surface area contributed by atoms with Crippen LogP contribution < -0.4 is 9.46 Å². The van der Waals surface area contributed by atoms with E-state index in [-0.39, 0.29) is 11.4 Å². The second-order valence-electron chi connectivity index (χ2n) is 4.27. The van der Waals surface area contributed by atoms with Crippen LogP contribution in [0.25, 0.3) is 0 Å². The van der Waals surface area contributed by atoms with E-state index in [2.05, 4.69) is 18.2 Å². The van der Waals surface area contributed by atoms with Crippen LogP contribution in [-0.2, 0) is 10.0 Å². The van der Waals surface area contributed by atoms with Crippen LogP contribution in [0, 0.1) is 6.92 Å². The molecule has 0 fully saturated rings. The first-order valence-corrected chi connectivity index (χ1v) is 7.83. The lowest BCUT2D eigenvalue weighted by Gasteiger charge is -2.11. The summed E-state index contributed by atoms with van der Waals surface area (Å²) in [5.41, 5.74) is 0.817. The molecule has 4 nitrogen and oxygen atoms in total. The van der Waals surface area contributed by atoms with E-state index >= 15 is 0 Å². The second kappa shape index (κ2) is 7.31. The van der Waals surface area contributed by atoms with E-state index in [0.717, 1.165) is 24.2 Å². The van der Waals surface area contributed by atoms with Crippen molar-refractivity contribution in [1.82, 2.24) is 4.72 Å². The molecule has 0 bridgehead atoms. The number of aryl methyl sites for hydroxylation is 1. The fourth-order valence-corrected chi connectivity index (χ4v) is 2.61. The van der Waals surface area contributed by atoms with E-state index in [1.54, 1.807) is 18.2 Å². The van der Waals surface area contributed by atoms with Gasteiger partial charge in [-0.25, -0.2) is 13.1 Å². The number of nitrogens with one attached hydrogen (secondary N) is 1. The van der Waals surface area contributed by atoms with Gasteiger partial charge in [-0.05, 0) is 37.1 Å². The van der Waals surface area contributed by atoms with Gasteiger partial charge in [-0.2, -0.15) is 0 Å². The average molecular weight is 283 g/mol. The van der Waals surface area contributed by atoms with E-state index in [4.69, 9.17) is 4.74 Å². The highest BCUT2D eigenvalue weighted by Gasteiger charge is 2.14. The molecular weight excluding hydrogens is 262 g/mol. The van der Waals surface area contributed by atoms with Gasteiger partial charge < -0.3 is 4.74 Å². The van der Waals surface area contributed by atoms with Crippen molar-refractivity contribution in [1.29, 1.82) is 0 Å². The monoisotopic (exact) mass is 283 g/mol. The SMILES string of the molecule is C=CCNS(=O)(=O)c1ccc(OCCCC)c(C)c1. The Morgan fingerprint density at radius 3 is 2.74 bits per heavy atom. The maximum Gasteiger partial charge on any atom is 0.240 e. The molecule has 0 unspecified atom stereocenters. The summed E-state index contributed by atoms with van der Waals surface area (Å²) in [6.45, 7) is 8.29. The summed E-state index contributed by atoms with van der Waals surface area (Å²) in [5.74, 6) is 0.733. The molecule has 1 aromatic carbocycles. The zero-order valence-electron chi connectivity index (χ0n) is 11.5. The summed E-state index contributed by atoms with van der Waals surface area (Å²) >= 11 is 0. The van der Waals surface area contributed by atoms with Crippen molar-refractivity contribution < 1.29 is 13.2 Å². The fourth-order valence-electron chi connectivity index (χ4n) is 1.53. The van der Waals surface area contributed by atoms with Crippen LogP contribution in [0.3, 0.4) is 0 Å². The molecule has 0 saturated carbocycles. The molecule has 0 aliphatic rings. The summed E-state index contributed by atoms with van der Waals surface area (Å²) < 4.78 is 31.9. The molecule has 0 heterocycles. The maximum atomic E-state index is 11.9. The lowest BCUT2D eigenvalue weighted by Crippen LogP contribution is -2.23. The fraction of sp³-hybridized carbons (Fsp3) is 0.429. The first-order chi connectivity index (χ1) is 9.01. The number of hydrogen-bond donors (Lipinski definition) is 1. The largest absolute Gasteiger partial charge is 0.493 e. The first-order valence-electron chi connectivity index (χ1n) is 6.35. The molecule has 0 atom stereocenters. The number of ether oxygens (including phenoxy) is 1. The minimum atomic E-state index is -3.46. The Morgan fingerprint density at radius 1 is 1.42 bits per heavy atom. The minimum absolute atomic E-state index is 0.218. The number of sulfonamides is 1. The minimum Gasteiger partial charge on any atom is -0.493 e. The summed E-state index contributed by atoms with van der Waals surface area (Å²) in [6.07, 6.45) is 3.56. The zero-order valence-corrected chi connectivity index (χ0v) is 12.3. The topological polar surface area (TPSA) is 55.4 Å². The van der Waals surface area contributed by atoms with Crippen LogP contribution in [0.1, 0.15) is 25.3 Å². The van der Waals surface area contributed by atoms with Gasteiger partial charge in [0.15, 0.2) is 0 Å². The van der Waals surface area contributed by atoms with Crippen molar-refractivity contribution in [3.05, 3.63) is 36.4 Å². The highest BCUT2D eigenvalue weighted by molar-refractivity contribution is 7.89. The second-order valence-corrected chi connectivity index (χ2v) is 6.04. The van der Waals surface area contributed by atoms with Crippen LogP contribution in [0.15, 0.2) is 35.7 Å². The average Bonchev–Trinajstić information content (AvgIpc) is 2.38. The number of benzene rings is 1. The molecule has 0 saturated heterocycles. The van der Waals surface area contributed by atoms with Gasteiger partial charge in [0.2, 0.25) is 10.0 Å². The summed E-state index contributed by atoms with van der Waals surface area (Å²) in [4.78, 5) is 0.245. The van der Waals surface area contributed by atoms with Gasteiger partial charge in [-0.1, -0.05) is 19.4 Å². The highest BCUT2D eigenvalue weighted by atomic mass is 32.2. The molecule has 0 amide bonds. The van der Waals surface area contributed by atoms with Crippen LogP contribution in [-0.4, -0.2) is 21.6 Å². The Hall–Kier alpha value is -1.33. The van der Waals surface area contributed by atoms with Crippen LogP contribution in [0.5, 0.6) is 5.75 Å². The van der Waals surface area contributed by atoms with Gasteiger partial charge in [0.05, 0.1) is 11.5 Å². The molecule has 5 heteroatoms. The molecular formula is C14H21NO3S. The zero-order chi connectivity index (χ0) is 14.3. The Bertz CT molecular complexity index is 523. The van der Waals surface area contributed by atoms with Crippen molar-refractivity contribution in [2.75, 3.05) is 13.2 Å². The van der Waals surface area contributed by atoms with Crippen molar-refractivity contribution in [3.63, 3.8) is 0 Å². The summed E-state index contributed by atoms with van der Waals surface area (Å²) in [6, 6.07) is 4.87. The van der Waals surface area contributed by atoms with Gasteiger partial charge in [-0.3, -0.25) is 0 Å². The molecule has 1 aromatic rings. The van der Waals surface area contributed by atoms with E-state index in [1.807, 2.05) is 6.92 Å². The quantitative estimate of drug-likeness (QED) is 0.589. The number of unbranched alkanes of at least 4 members (excludes halogenated alkanes) is 1. The summed E-state index contributed by atoms with van der Waals surface area (Å²) in [5, 5.41) is 0. The van der Waals surface area contributed by atoms with Gasteiger partial charge in [-0.15, -0.1) is 6.58 Å². The number of hydrogen-bond acceptors (Lipinski definition) is 3. The number of rotatable bonds is 8. The third kappa shape index (κ3) is 4.69. The molecule has 0 spiro atoms. The molecule has 106 valence electrons. The molecule has 1 N–H and O–H groups in total. The Labute approximate surface area is 115 Å². The van der Waals surface area contributed by atoms with Crippen LogP contribution in [0.2, 0.25) is 0 Å². The van der Waals surface area contributed by atoms with Crippen molar-refractivity contribution in [2.24, 2.45) is 0 Å². The Balaban J connectivity index is 2.84. The van der Waals surface area contributed by atoms with E-state index in [0.29, 0.717) is 6.61 Å². The molecule has 19 heavy (non-hydrogen) atoms. The molecule has 0 radical (unpaired) electrons. The van der Waals surface area contributed by atoms with Gasteiger partial charge in [0.1, 0.15) is 5.75 Å². The van der Waals surface area contributed by atoms with Gasteiger partial charge in [0.25, 0.3) is 0 Å². The predicted octanol–water partition coefficient (Wildman–Crippen LogP) is 2.64. The molecule has 0 aliphatic carbocycles. The van der Waals surface area contributed by atoms with Crippen LogP contribution >= 0.6 is 0 Å². The third-order valence-electron chi connectivity index (χ3n) is 2.63. The Kier molecular flexibility index (Phi) is 6.05. The highest BCUT2D eigenvalue weighted by Crippen LogP contribution is 2.22. The van der Waals surface area contributed by atoms with Gasteiger partial charge >= 0.3 is 0 Å². The lowest BCUT2D eigenvalue weighted by molar-refractivity contribution is 0.307. The molecule has 1 rings (SSSR count). The maximum absolute atomic E-state index is 11.9. The lowest BCUT2D eigenvalue weighted by atomic mass is 10.2. The molecule has 0 aromatic heterocycles. The first kappa shape index (κ1) is 15.7. The third-order valence-corrected chi connectivity index (χ3v) is 4.05. The normalized spacial score (nSPS) is 11.3. The van der Waals surface area contributed by atoms with E-state index in [1.165, 1.54) is 6.08 Å². The van der Waals surface area contributed by atoms with Gasteiger partial charge in [0, 0.05) is 6.54 Å². The summed E-state index contributed by atoms with van der Waals surface area (Å²) in [7, 11) is -3.46.